The van der Waals surface area contributed by atoms with Crippen LogP contribution >= 0.6 is 11.8 Å². The summed E-state index contributed by atoms with van der Waals surface area (Å²) in [5.74, 6) is 1.57. The summed E-state index contributed by atoms with van der Waals surface area (Å²) in [4.78, 5) is 13.8. The highest BCUT2D eigenvalue weighted by Crippen LogP contribution is 2.25. The number of hydrogen-bond donors (Lipinski definition) is 1. The number of ether oxygens (including phenoxy) is 1. The first-order valence-corrected chi connectivity index (χ1v) is 10.3. The van der Waals surface area contributed by atoms with E-state index in [1.165, 1.54) is 16.0 Å². The van der Waals surface area contributed by atoms with Gasteiger partial charge >= 0.3 is 0 Å². The summed E-state index contributed by atoms with van der Waals surface area (Å²) in [5.41, 5.74) is 4.08. The molecule has 1 amide bonds. The predicted molar refractivity (Wildman–Crippen MR) is 116 cm³/mol. The number of carbonyl (C=O) groups is 1. The number of hydrogen-bond acceptors (Lipinski definition) is 3. The van der Waals surface area contributed by atoms with Crippen LogP contribution in [0.4, 0.5) is 0 Å². The third-order valence-corrected chi connectivity index (χ3v) is 5.68. The molecule has 0 spiro atoms. The molecule has 0 fully saturated rings. The molecule has 1 N–H and O–H groups in total. The molecule has 1 atom stereocenters. The SMILES string of the molecule is COc1ccccc1[C@H](C)NC(=O)c1ccc(CSc2ccc(C)cc2)cc1. The lowest BCUT2D eigenvalue weighted by atomic mass is 10.1. The van der Waals surface area contributed by atoms with E-state index in [1.807, 2.05) is 55.5 Å². The van der Waals surface area contributed by atoms with E-state index < -0.39 is 0 Å². The van der Waals surface area contributed by atoms with Gasteiger partial charge in [0.05, 0.1) is 13.2 Å². The van der Waals surface area contributed by atoms with Crippen LogP contribution in [0.2, 0.25) is 0 Å². The molecule has 0 radical (unpaired) electrons. The molecule has 3 aromatic carbocycles. The van der Waals surface area contributed by atoms with E-state index in [9.17, 15) is 4.79 Å². The highest BCUT2D eigenvalue weighted by Gasteiger charge is 2.14. The van der Waals surface area contributed by atoms with Crippen LogP contribution in [0.25, 0.3) is 0 Å². The van der Waals surface area contributed by atoms with E-state index >= 15 is 0 Å². The molecule has 4 heteroatoms. The molecule has 0 saturated heterocycles. The third kappa shape index (κ3) is 5.17. The molecular weight excluding hydrogens is 366 g/mol. The fourth-order valence-corrected chi connectivity index (χ4v) is 3.79. The summed E-state index contributed by atoms with van der Waals surface area (Å²) in [6, 6.07) is 23.9. The minimum atomic E-state index is -0.139. The molecule has 3 nitrogen and oxygen atoms in total. The number of thioether (sulfide) groups is 1. The summed E-state index contributed by atoms with van der Waals surface area (Å²) >= 11 is 1.79. The van der Waals surface area contributed by atoms with Crippen molar-refractivity contribution in [2.24, 2.45) is 0 Å². The molecule has 3 rings (SSSR count). The smallest absolute Gasteiger partial charge is 0.251 e. The van der Waals surface area contributed by atoms with E-state index in [0.717, 1.165) is 17.1 Å². The zero-order valence-corrected chi connectivity index (χ0v) is 17.3. The Morgan fingerprint density at radius 1 is 1.00 bits per heavy atom. The van der Waals surface area contributed by atoms with Gasteiger partial charge in [0.25, 0.3) is 5.91 Å². The second-order valence-corrected chi connectivity index (χ2v) is 7.78. The molecular formula is C24H25NO2S. The molecule has 0 aromatic heterocycles. The minimum Gasteiger partial charge on any atom is -0.496 e. The van der Waals surface area contributed by atoms with Crippen LogP contribution in [0.1, 0.15) is 40.0 Å². The largest absolute Gasteiger partial charge is 0.496 e. The normalized spacial score (nSPS) is 11.7. The fraction of sp³-hybridized carbons (Fsp3) is 0.208. The van der Waals surface area contributed by atoms with Gasteiger partial charge in [-0.1, -0.05) is 48.0 Å². The highest BCUT2D eigenvalue weighted by molar-refractivity contribution is 7.98. The van der Waals surface area contributed by atoms with Gasteiger partial charge in [0.15, 0.2) is 0 Å². The summed E-state index contributed by atoms with van der Waals surface area (Å²) in [7, 11) is 1.64. The Morgan fingerprint density at radius 2 is 1.68 bits per heavy atom. The van der Waals surface area contributed by atoms with Crippen LogP contribution in [0.15, 0.2) is 77.7 Å². The van der Waals surface area contributed by atoms with Crippen LogP contribution < -0.4 is 10.1 Å². The second-order valence-electron chi connectivity index (χ2n) is 6.74. The molecule has 0 aliphatic carbocycles. The van der Waals surface area contributed by atoms with E-state index in [-0.39, 0.29) is 11.9 Å². The van der Waals surface area contributed by atoms with Gasteiger partial charge in [-0.3, -0.25) is 4.79 Å². The Bertz CT molecular complexity index is 920. The Labute approximate surface area is 171 Å². The van der Waals surface area contributed by atoms with Crippen LogP contribution in [0.3, 0.4) is 0 Å². The van der Waals surface area contributed by atoms with Crippen molar-refractivity contribution >= 4 is 17.7 Å². The van der Waals surface area contributed by atoms with Gasteiger partial charge in [0, 0.05) is 21.8 Å². The highest BCUT2D eigenvalue weighted by atomic mass is 32.2. The van der Waals surface area contributed by atoms with Gasteiger partial charge in [-0.05, 0) is 49.7 Å². The third-order valence-electron chi connectivity index (χ3n) is 4.60. The van der Waals surface area contributed by atoms with Gasteiger partial charge in [-0.15, -0.1) is 11.8 Å². The molecule has 0 heterocycles. The number of aryl methyl sites for hydroxylation is 1. The van der Waals surface area contributed by atoms with Crippen LogP contribution in [0, 0.1) is 6.92 Å². The van der Waals surface area contributed by atoms with Crippen molar-refractivity contribution in [1.82, 2.24) is 5.32 Å². The van der Waals surface area contributed by atoms with Gasteiger partial charge in [0.2, 0.25) is 0 Å². The van der Waals surface area contributed by atoms with Gasteiger partial charge in [-0.25, -0.2) is 0 Å². The summed E-state index contributed by atoms with van der Waals surface area (Å²) < 4.78 is 5.39. The maximum absolute atomic E-state index is 12.6. The van der Waals surface area contributed by atoms with Crippen molar-refractivity contribution < 1.29 is 9.53 Å². The Hall–Kier alpha value is -2.72. The van der Waals surface area contributed by atoms with Crippen LogP contribution in [-0.4, -0.2) is 13.0 Å². The molecule has 0 aliphatic heterocycles. The Kier molecular flexibility index (Phi) is 6.77. The summed E-state index contributed by atoms with van der Waals surface area (Å²) in [5, 5.41) is 3.05. The molecule has 28 heavy (non-hydrogen) atoms. The number of amides is 1. The van der Waals surface area contributed by atoms with Crippen molar-refractivity contribution in [2.75, 3.05) is 7.11 Å². The lowest BCUT2D eigenvalue weighted by molar-refractivity contribution is 0.0939. The molecule has 0 saturated carbocycles. The average Bonchev–Trinajstić information content (AvgIpc) is 2.73. The summed E-state index contributed by atoms with van der Waals surface area (Å²) in [6.07, 6.45) is 0. The molecule has 3 aromatic rings. The van der Waals surface area contributed by atoms with Gasteiger partial charge in [-0.2, -0.15) is 0 Å². The maximum Gasteiger partial charge on any atom is 0.251 e. The average molecular weight is 392 g/mol. The first-order valence-electron chi connectivity index (χ1n) is 9.29. The van der Waals surface area contributed by atoms with Crippen molar-refractivity contribution in [3.05, 3.63) is 95.1 Å². The van der Waals surface area contributed by atoms with E-state index in [1.54, 1.807) is 18.9 Å². The Morgan fingerprint density at radius 3 is 2.36 bits per heavy atom. The van der Waals surface area contributed by atoms with E-state index in [4.69, 9.17) is 4.74 Å². The molecule has 144 valence electrons. The lowest BCUT2D eigenvalue weighted by Crippen LogP contribution is -2.26. The minimum absolute atomic E-state index is 0.0869. The fourth-order valence-electron chi connectivity index (χ4n) is 2.94. The van der Waals surface area contributed by atoms with Crippen LogP contribution in [0.5, 0.6) is 5.75 Å². The number of para-hydroxylation sites is 1. The second kappa shape index (κ2) is 9.47. The molecule has 0 bridgehead atoms. The standard InChI is InChI=1S/C24H25NO2S/c1-17-8-14-21(15-9-17)28-16-19-10-12-20(13-11-19)24(26)25-18(2)22-6-4-5-7-23(22)27-3/h4-15,18H,16H2,1-3H3,(H,25,26)/t18-/m0/s1. The summed E-state index contributed by atoms with van der Waals surface area (Å²) in [6.45, 7) is 4.05. The van der Waals surface area contributed by atoms with Crippen LogP contribution in [-0.2, 0) is 5.75 Å². The predicted octanol–water partition coefficient (Wildman–Crippen LogP) is 5.79. The quantitative estimate of drug-likeness (QED) is 0.518. The number of rotatable bonds is 7. The first-order chi connectivity index (χ1) is 13.6. The van der Waals surface area contributed by atoms with Crippen molar-refractivity contribution in [3.63, 3.8) is 0 Å². The van der Waals surface area contributed by atoms with Crippen molar-refractivity contribution in [1.29, 1.82) is 0 Å². The first kappa shape index (κ1) is 20.0. The van der Waals surface area contributed by atoms with Gasteiger partial charge < -0.3 is 10.1 Å². The molecule has 0 aliphatic rings. The number of methoxy groups -OCH3 is 1. The van der Waals surface area contributed by atoms with Crippen molar-refractivity contribution in [3.8, 4) is 5.75 Å². The topological polar surface area (TPSA) is 38.3 Å². The number of nitrogens with one attached hydrogen (secondary N) is 1. The number of carbonyl (C=O) groups excluding carboxylic acids is 1. The maximum atomic E-state index is 12.6. The molecule has 0 unspecified atom stereocenters. The van der Waals surface area contributed by atoms with E-state index in [0.29, 0.717) is 5.56 Å². The van der Waals surface area contributed by atoms with Gasteiger partial charge in [0.1, 0.15) is 5.75 Å². The Balaban J connectivity index is 1.59. The lowest BCUT2D eigenvalue weighted by Gasteiger charge is -2.17. The zero-order valence-electron chi connectivity index (χ0n) is 16.4. The zero-order chi connectivity index (χ0) is 19.9. The number of benzene rings is 3. The van der Waals surface area contributed by atoms with Crippen molar-refractivity contribution in [2.45, 2.75) is 30.5 Å². The monoisotopic (exact) mass is 391 g/mol. The van der Waals surface area contributed by atoms with E-state index in [2.05, 4.69) is 36.5 Å².